The lowest BCUT2D eigenvalue weighted by Gasteiger charge is -2.17. The molecule has 0 aliphatic heterocycles. The Bertz CT molecular complexity index is 960. The van der Waals surface area contributed by atoms with Crippen LogP contribution in [0, 0.1) is 5.82 Å². The monoisotopic (exact) mass is 363 g/mol. The second-order valence-electron chi connectivity index (χ2n) is 5.88. The molecule has 0 unspecified atom stereocenters. The second kappa shape index (κ2) is 8.23. The van der Waals surface area contributed by atoms with Crippen molar-refractivity contribution in [3.05, 3.63) is 95.6 Å². The van der Waals surface area contributed by atoms with Crippen molar-refractivity contribution in [2.45, 2.75) is 6.54 Å². The highest BCUT2D eigenvalue weighted by Crippen LogP contribution is 2.14. The quantitative estimate of drug-likeness (QED) is 0.755. The van der Waals surface area contributed by atoms with Crippen LogP contribution in [0.15, 0.2) is 72.8 Å². The molecule has 2 amide bonds. The normalized spacial score (nSPS) is 10.3. The van der Waals surface area contributed by atoms with Crippen molar-refractivity contribution >= 4 is 17.5 Å². The molecule has 0 aliphatic rings. The fourth-order valence-electron chi connectivity index (χ4n) is 2.53. The fraction of sp³-hybridized carbons (Fsp3) is 0.0952. The average molecular weight is 363 g/mol. The van der Waals surface area contributed by atoms with Gasteiger partial charge in [0.05, 0.1) is 0 Å². The first kappa shape index (κ1) is 18.3. The highest BCUT2D eigenvalue weighted by molar-refractivity contribution is 6.05. The van der Waals surface area contributed by atoms with Crippen molar-refractivity contribution in [2.24, 2.45) is 0 Å². The van der Waals surface area contributed by atoms with Crippen molar-refractivity contribution in [2.75, 3.05) is 11.9 Å². The smallest absolute Gasteiger partial charge is 0.276 e. The summed E-state index contributed by atoms with van der Waals surface area (Å²) in [5, 5.41) is 2.62. The number of carbonyl (C=O) groups excluding carboxylic acids is 2. The molecule has 27 heavy (non-hydrogen) atoms. The van der Waals surface area contributed by atoms with Gasteiger partial charge in [-0.05, 0) is 30.3 Å². The molecule has 0 saturated carbocycles. The van der Waals surface area contributed by atoms with E-state index < -0.39 is 5.91 Å². The standard InChI is InChI=1S/C21H18FN3O2/c1-25(16-9-3-2-4-10-16)21(27)19-13-7-12-18(24-19)20(26)23-14-15-8-5-6-11-17(15)22/h2-13H,14H2,1H3,(H,23,26). The summed E-state index contributed by atoms with van der Waals surface area (Å²) in [7, 11) is 1.64. The van der Waals surface area contributed by atoms with E-state index >= 15 is 0 Å². The van der Waals surface area contributed by atoms with Crippen LogP contribution in [0.4, 0.5) is 10.1 Å². The van der Waals surface area contributed by atoms with Crippen LogP contribution in [-0.4, -0.2) is 23.8 Å². The Morgan fingerprint density at radius 1 is 0.926 bits per heavy atom. The zero-order chi connectivity index (χ0) is 19.2. The number of hydrogen-bond acceptors (Lipinski definition) is 3. The molecule has 2 aromatic carbocycles. The lowest BCUT2D eigenvalue weighted by Crippen LogP contribution is -2.29. The maximum atomic E-state index is 13.6. The van der Waals surface area contributed by atoms with Crippen LogP contribution in [0.1, 0.15) is 26.5 Å². The van der Waals surface area contributed by atoms with Gasteiger partial charge in [0, 0.05) is 24.8 Å². The molecule has 136 valence electrons. The fourth-order valence-corrected chi connectivity index (χ4v) is 2.53. The summed E-state index contributed by atoms with van der Waals surface area (Å²) >= 11 is 0. The van der Waals surface area contributed by atoms with Gasteiger partial charge in [0.15, 0.2) is 0 Å². The van der Waals surface area contributed by atoms with Gasteiger partial charge >= 0.3 is 0 Å². The number of nitrogens with zero attached hydrogens (tertiary/aromatic N) is 2. The van der Waals surface area contributed by atoms with Gasteiger partial charge in [-0.2, -0.15) is 0 Å². The molecule has 5 nitrogen and oxygen atoms in total. The molecule has 1 N–H and O–H groups in total. The predicted molar refractivity (Wildman–Crippen MR) is 101 cm³/mol. The van der Waals surface area contributed by atoms with Crippen LogP contribution in [0.25, 0.3) is 0 Å². The van der Waals surface area contributed by atoms with E-state index in [1.165, 1.54) is 17.0 Å². The topological polar surface area (TPSA) is 62.3 Å². The van der Waals surface area contributed by atoms with Gasteiger partial charge in [0.1, 0.15) is 17.2 Å². The Balaban J connectivity index is 1.72. The number of benzene rings is 2. The minimum absolute atomic E-state index is 0.0370. The SMILES string of the molecule is CN(C(=O)c1cccc(C(=O)NCc2ccccc2F)n1)c1ccccc1. The number of aromatic nitrogens is 1. The molecule has 0 saturated heterocycles. The first-order chi connectivity index (χ1) is 13.1. The highest BCUT2D eigenvalue weighted by atomic mass is 19.1. The minimum atomic E-state index is -0.477. The Labute approximate surface area is 156 Å². The summed E-state index contributed by atoms with van der Waals surface area (Å²) in [5.41, 5.74) is 1.35. The number of hydrogen-bond donors (Lipinski definition) is 1. The van der Waals surface area contributed by atoms with E-state index in [0.29, 0.717) is 5.56 Å². The Kier molecular flexibility index (Phi) is 5.56. The van der Waals surface area contributed by atoms with E-state index in [4.69, 9.17) is 0 Å². The number of anilines is 1. The maximum Gasteiger partial charge on any atom is 0.276 e. The molecular formula is C21H18FN3O2. The van der Waals surface area contributed by atoms with E-state index in [1.807, 2.05) is 30.3 Å². The maximum absolute atomic E-state index is 13.6. The van der Waals surface area contributed by atoms with Gasteiger partial charge in [-0.25, -0.2) is 9.37 Å². The molecule has 1 heterocycles. The van der Waals surface area contributed by atoms with Crippen LogP contribution in [-0.2, 0) is 6.54 Å². The number of pyridine rings is 1. The molecule has 0 aliphatic carbocycles. The van der Waals surface area contributed by atoms with Gasteiger partial charge in [-0.15, -0.1) is 0 Å². The van der Waals surface area contributed by atoms with E-state index in [2.05, 4.69) is 10.3 Å². The second-order valence-corrected chi connectivity index (χ2v) is 5.88. The van der Waals surface area contributed by atoms with Crippen LogP contribution in [0.3, 0.4) is 0 Å². The molecular weight excluding hydrogens is 345 g/mol. The molecule has 0 spiro atoms. The van der Waals surface area contributed by atoms with Crippen molar-refractivity contribution in [3.8, 4) is 0 Å². The first-order valence-electron chi connectivity index (χ1n) is 8.38. The largest absolute Gasteiger partial charge is 0.347 e. The van der Waals surface area contributed by atoms with Gasteiger partial charge in [0.2, 0.25) is 0 Å². The lowest BCUT2D eigenvalue weighted by molar-refractivity contribution is 0.0945. The summed E-state index contributed by atoms with van der Waals surface area (Å²) in [5.74, 6) is -1.20. The molecule has 1 aromatic heterocycles. The van der Waals surface area contributed by atoms with Gasteiger partial charge in [-0.3, -0.25) is 9.59 Å². The number of halogens is 1. The van der Waals surface area contributed by atoms with Crippen molar-refractivity contribution in [1.82, 2.24) is 10.3 Å². The molecule has 0 atom stereocenters. The molecule has 3 aromatic rings. The minimum Gasteiger partial charge on any atom is -0.347 e. The van der Waals surface area contributed by atoms with Crippen LogP contribution in [0.2, 0.25) is 0 Å². The van der Waals surface area contributed by atoms with Crippen LogP contribution < -0.4 is 10.2 Å². The van der Waals surface area contributed by atoms with Gasteiger partial charge in [-0.1, -0.05) is 42.5 Å². The number of rotatable bonds is 5. The Hall–Kier alpha value is -3.54. The molecule has 3 rings (SSSR count). The van der Waals surface area contributed by atoms with Gasteiger partial charge in [0.25, 0.3) is 11.8 Å². The number of para-hydroxylation sites is 1. The van der Waals surface area contributed by atoms with Crippen molar-refractivity contribution < 1.29 is 14.0 Å². The number of nitrogens with one attached hydrogen (secondary N) is 1. The highest BCUT2D eigenvalue weighted by Gasteiger charge is 2.17. The third kappa shape index (κ3) is 4.36. The summed E-state index contributed by atoms with van der Waals surface area (Å²) in [6.45, 7) is 0.0370. The van der Waals surface area contributed by atoms with Crippen molar-refractivity contribution in [3.63, 3.8) is 0 Å². The third-order valence-electron chi connectivity index (χ3n) is 4.05. The summed E-state index contributed by atoms with van der Waals surface area (Å²) < 4.78 is 13.6. The third-order valence-corrected chi connectivity index (χ3v) is 4.05. The van der Waals surface area contributed by atoms with Crippen LogP contribution in [0.5, 0.6) is 0 Å². The van der Waals surface area contributed by atoms with E-state index in [-0.39, 0.29) is 29.7 Å². The van der Waals surface area contributed by atoms with Crippen LogP contribution >= 0.6 is 0 Å². The lowest BCUT2D eigenvalue weighted by atomic mass is 10.2. The number of amides is 2. The number of carbonyl (C=O) groups is 2. The summed E-state index contributed by atoms with van der Waals surface area (Å²) in [6, 6.07) is 20.0. The van der Waals surface area contributed by atoms with Gasteiger partial charge < -0.3 is 10.2 Å². The zero-order valence-corrected chi connectivity index (χ0v) is 14.7. The molecule has 0 radical (unpaired) electrons. The zero-order valence-electron chi connectivity index (χ0n) is 14.7. The van der Waals surface area contributed by atoms with Crippen molar-refractivity contribution in [1.29, 1.82) is 0 Å². The van der Waals surface area contributed by atoms with E-state index in [1.54, 1.807) is 37.4 Å². The predicted octanol–water partition coefficient (Wildman–Crippen LogP) is 3.43. The Morgan fingerprint density at radius 2 is 1.59 bits per heavy atom. The molecule has 0 bridgehead atoms. The Morgan fingerprint density at radius 3 is 2.33 bits per heavy atom. The first-order valence-corrected chi connectivity index (χ1v) is 8.38. The summed E-state index contributed by atoms with van der Waals surface area (Å²) in [6.07, 6.45) is 0. The molecule has 6 heteroatoms. The van der Waals surface area contributed by atoms with E-state index in [9.17, 15) is 14.0 Å². The summed E-state index contributed by atoms with van der Waals surface area (Å²) in [4.78, 5) is 30.6. The molecule has 0 fully saturated rings. The average Bonchev–Trinajstić information content (AvgIpc) is 2.72. The van der Waals surface area contributed by atoms with E-state index in [0.717, 1.165) is 5.69 Å².